The quantitative estimate of drug-likeness (QED) is 0.0288. The molecule has 1 aliphatic heterocycles. The van der Waals surface area contributed by atoms with Gasteiger partial charge in [-0.2, -0.15) is 0 Å². The summed E-state index contributed by atoms with van der Waals surface area (Å²) in [5.74, 6) is -6.59. The zero-order chi connectivity index (χ0) is 46.8. The van der Waals surface area contributed by atoms with Gasteiger partial charge in [0.25, 0.3) is 0 Å². The summed E-state index contributed by atoms with van der Waals surface area (Å²) < 4.78 is 0. The summed E-state index contributed by atoms with van der Waals surface area (Å²) in [4.78, 5) is 107. The summed E-state index contributed by atoms with van der Waals surface area (Å²) in [7, 11) is 0. The number of phenolic OH excluding ortho intramolecular Hbond substituents is 1. The van der Waals surface area contributed by atoms with Crippen LogP contribution >= 0.6 is 0 Å². The molecule has 15 N–H and O–H groups in total. The van der Waals surface area contributed by atoms with Gasteiger partial charge in [-0.3, -0.25) is 33.8 Å². The highest BCUT2D eigenvalue weighted by molar-refractivity contribution is 5.97. The largest absolute Gasteiger partial charge is 0.508 e. The van der Waals surface area contributed by atoms with Gasteiger partial charge >= 0.3 is 5.97 Å². The highest BCUT2D eigenvalue weighted by Gasteiger charge is 2.40. The van der Waals surface area contributed by atoms with Crippen LogP contribution in [0.25, 0.3) is 0 Å². The molecule has 0 saturated carbocycles. The van der Waals surface area contributed by atoms with E-state index in [1.807, 2.05) is 0 Å². The fraction of sp³-hybridized carbons (Fsp3) is 0.585. The van der Waals surface area contributed by atoms with Crippen LogP contribution in [0.3, 0.4) is 0 Å². The maximum absolute atomic E-state index is 14.3. The molecule has 2 aromatic rings. The first-order valence-electron chi connectivity index (χ1n) is 21.1. The van der Waals surface area contributed by atoms with Crippen molar-refractivity contribution in [2.45, 2.75) is 121 Å². The third-order valence-corrected chi connectivity index (χ3v) is 10.8. The number of benzene rings is 1. The second-order valence-corrected chi connectivity index (χ2v) is 16.0. The van der Waals surface area contributed by atoms with Crippen molar-refractivity contribution in [3.63, 3.8) is 0 Å². The van der Waals surface area contributed by atoms with Gasteiger partial charge in [0.05, 0.1) is 12.4 Å². The Labute approximate surface area is 366 Å². The van der Waals surface area contributed by atoms with E-state index in [4.69, 9.17) is 17.2 Å². The Bertz CT molecular complexity index is 1870. The van der Waals surface area contributed by atoms with Crippen molar-refractivity contribution in [1.82, 2.24) is 41.5 Å². The zero-order valence-corrected chi connectivity index (χ0v) is 36.2. The van der Waals surface area contributed by atoms with Crippen molar-refractivity contribution in [2.75, 3.05) is 19.7 Å². The molecule has 1 saturated heterocycles. The number of carboxylic acid groups (broad SMARTS) is 1. The molecule has 2 heterocycles. The van der Waals surface area contributed by atoms with Gasteiger partial charge in [-0.25, -0.2) is 9.78 Å². The van der Waals surface area contributed by atoms with Crippen molar-refractivity contribution < 1.29 is 48.9 Å². The lowest BCUT2D eigenvalue weighted by Gasteiger charge is -2.32. The Morgan fingerprint density at radius 1 is 0.873 bits per heavy atom. The Kier molecular flexibility index (Phi) is 20.2. The van der Waals surface area contributed by atoms with Gasteiger partial charge in [0.2, 0.25) is 35.4 Å². The molecule has 1 fully saturated rings. The number of aliphatic imine (C=N–C) groups is 1. The fourth-order valence-corrected chi connectivity index (χ4v) is 6.98. The molecular formula is C41H64N12O10. The minimum Gasteiger partial charge on any atom is -0.508 e. The van der Waals surface area contributed by atoms with Crippen molar-refractivity contribution in [3.8, 4) is 5.75 Å². The number of likely N-dealkylation sites (tertiary alicyclic amines) is 1. The van der Waals surface area contributed by atoms with Crippen molar-refractivity contribution in [2.24, 2.45) is 34.0 Å². The minimum absolute atomic E-state index is 0.0271. The smallest absolute Gasteiger partial charge is 0.326 e. The van der Waals surface area contributed by atoms with Crippen molar-refractivity contribution in [1.29, 1.82) is 0 Å². The Morgan fingerprint density at radius 2 is 1.52 bits per heavy atom. The first-order chi connectivity index (χ1) is 29.9. The van der Waals surface area contributed by atoms with Crippen LogP contribution in [0.5, 0.6) is 5.75 Å². The van der Waals surface area contributed by atoms with Crippen molar-refractivity contribution in [3.05, 3.63) is 48.0 Å². The molecule has 0 aliphatic carbocycles. The van der Waals surface area contributed by atoms with Gasteiger partial charge in [0.15, 0.2) is 5.96 Å². The van der Waals surface area contributed by atoms with E-state index >= 15 is 0 Å². The number of H-pyrrole nitrogens is 1. The number of guanidine groups is 1. The number of rotatable bonds is 25. The number of amides is 6. The van der Waals surface area contributed by atoms with E-state index in [2.05, 4.69) is 41.5 Å². The number of aromatic amines is 1. The highest BCUT2D eigenvalue weighted by atomic mass is 16.4. The monoisotopic (exact) mass is 884 g/mol. The summed E-state index contributed by atoms with van der Waals surface area (Å²) in [6.45, 7) is 6.83. The van der Waals surface area contributed by atoms with Gasteiger partial charge in [0, 0.05) is 50.8 Å². The van der Waals surface area contributed by atoms with Crippen LogP contribution < -0.4 is 43.8 Å². The molecule has 8 atom stereocenters. The number of nitrogens with one attached hydrogen (secondary N) is 6. The molecule has 63 heavy (non-hydrogen) atoms. The van der Waals surface area contributed by atoms with E-state index < -0.39 is 102 Å². The number of aromatic hydroxyl groups is 1. The summed E-state index contributed by atoms with van der Waals surface area (Å²) in [5.41, 5.74) is 17.8. The van der Waals surface area contributed by atoms with E-state index in [1.54, 1.807) is 39.8 Å². The Balaban J connectivity index is 1.88. The third-order valence-electron chi connectivity index (χ3n) is 10.8. The summed E-state index contributed by atoms with van der Waals surface area (Å²) in [5, 5.41) is 42.1. The number of aromatic nitrogens is 2. The molecule has 22 nitrogen and oxygen atoms in total. The SMILES string of the molecule is CC[C@H](C)[C@H](NC(=O)[C@H](Cc1ccc(O)cc1)NC(=O)[C@@H](NC(=O)[C@@H](N)CCCN=C(N)N)C(C)C)C(=O)N[C@@H](Cc1cnc[nH]1)C(=O)N1CCC[C@@H]1C(=O)N[C@@H](CCO)C(=O)O. The third kappa shape index (κ3) is 15.8. The average molecular weight is 885 g/mol. The molecule has 1 aromatic carbocycles. The van der Waals surface area contributed by atoms with Gasteiger partial charge in [-0.05, 0) is 55.2 Å². The maximum atomic E-state index is 14.3. The number of carbonyl (C=O) groups is 7. The lowest BCUT2D eigenvalue weighted by molar-refractivity contribution is -0.145. The minimum atomic E-state index is -1.38. The zero-order valence-electron chi connectivity index (χ0n) is 36.2. The number of aliphatic hydroxyl groups is 1. The van der Waals surface area contributed by atoms with Crippen LogP contribution in [0.15, 0.2) is 41.8 Å². The van der Waals surface area contributed by atoms with E-state index in [9.17, 15) is 48.9 Å². The van der Waals surface area contributed by atoms with E-state index in [1.165, 1.54) is 29.6 Å². The average Bonchev–Trinajstić information content (AvgIpc) is 3.95. The van der Waals surface area contributed by atoms with Crippen LogP contribution in [0.2, 0.25) is 0 Å². The van der Waals surface area contributed by atoms with Gasteiger partial charge in [0.1, 0.15) is 42.0 Å². The first kappa shape index (κ1) is 51.1. The second kappa shape index (κ2) is 25.0. The topological polar surface area (TPSA) is 363 Å². The molecule has 3 rings (SSSR count). The molecule has 348 valence electrons. The Hall–Kier alpha value is -6.29. The number of imidazole rings is 1. The molecule has 0 radical (unpaired) electrons. The molecule has 0 bridgehead atoms. The number of aliphatic hydroxyl groups excluding tert-OH is 1. The van der Waals surface area contributed by atoms with Crippen LogP contribution in [0, 0.1) is 11.8 Å². The Morgan fingerprint density at radius 3 is 2.11 bits per heavy atom. The van der Waals surface area contributed by atoms with Gasteiger partial charge in [-0.1, -0.05) is 46.2 Å². The van der Waals surface area contributed by atoms with Crippen LogP contribution in [-0.2, 0) is 46.4 Å². The maximum Gasteiger partial charge on any atom is 0.326 e. The highest BCUT2D eigenvalue weighted by Crippen LogP contribution is 2.21. The van der Waals surface area contributed by atoms with E-state index in [-0.39, 0.29) is 56.9 Å². The number of nitrogens with two attached hydrogens (primary N) is 3. The molecule has 1 aliphatic rings. The predicted octanol–water partition coefficient (Wildman–Crippen LogP) is -2.13. The molecule has 6 amide bonds. The lowest BCUT2D eigenvalue weighted by Crippen LogP contribution is -2.61. The number of hydrogen-bond donors (Lipinski definition) is 12. The molecular weight excluding hydrogens is 821 g/mol. The number of carbonyl (C=O) groups excluding carboxylic acids is 6. The number of carboxylic acids is 1. The predicted molar refractivity (Wildman–Crippen MR) is 230 cm³/mol. The standard InChI is InChI=1S/C41H64N12O10/c1-5-23(4)33(38(60)50-30(19-25-20-45-21-47-25)39(61)53-16-7-9-31(53)36(58)48-28(14-17-54)40(62)63)52-35(57)29(18-24-10-12-26(55)13-11-24)49-37(59)32(22(2)3)51-34(56)27(42)8-6-15-46-41(43)44/h10-13,20-23,27-33,54-55H,5-9,14-19,42H2,1-4H3,(H,45,47)(H,48,58)(H,49,59)(H,50,60)(H,51,56)(H,52,57)(H,62,63)(H4,43,44,46)/t23-,27-,28-,29-,30-,31+,32-,33-/m0/s1. The fourth-order valence-electron chi connectivity index (χ4n) is 6.98. The normalized spacial score (nSPS) is 16.9. The number of nitrogens with zero attached hydrogens (tertiary/aromatic N) is 3. The summed E-state index contributed by atoms with van der Waals surface area (Å²) in [6, 6.07) is -2.42. The first-order valence-corrected chi connectivity index (χ1v) is 21.1. The second-order valence-electron chi connectivity index (χ2n) is 16.0. The van der Waals surface area contributed by atoms with Gasteiger partial charge < -0.3 is 69.0 Å². The number of phenols is 1. The number of aliphatic carboxylic acids is 1. The summed E-state index contributed by atoms with van der Waals surface area (Å²) in [6.07, 6.45) is 4.11. The molecule has 0 spiro atoms. The summed E-state index contributed by atoms with van der Waals surface area (Å²) >= 11 is 0. The van der Waals surface area contributed by atoms with Crippen molar-refractivity contribution >= 4 is 47.4 Å². The molecule has 22 heteroatoms. The van der Waals surface area contributed by atoms with Crippen LogP contribution in [-0.4, -0.2) is 140 Å². The van der Waals surface area contributed by atoms with Crippen LogP contribution in [0.4, 0.5) is 0 Å². The lowest BCUT2D eigenvalue weighted by atomic mass is 9.96. The van der Waals surface area contributed by atoms with E-state index in [0.717, 1.165) is 0 Å². The van der Waals surface area contributed by atoms with E-state index in [0.29, 0.717) is 30.5 Å². The molecule has 0 unspecified atom stereocenters. The number of hydrogen-bond acceptors (Lipinski definition) is 12. The van der Waals surface area contributed by atoms with Crippen LogP contribution in [0.1, 0.15) is 77.5 Å². The molecule has 1 aromatic heterocycles. The van der Waals surface area contributed by atoms with Gasteiger partial charge in [-0.15, -0.1) is 0 Å².